The highest BCUT2D eigenvalue weighted by molar-refractivity contribution is 7.48. The predicted octanol–water partition coefficient (Wildman–Crippen LogP) is 5.27. The van der Waals surface area contributed by atoms with Crippen LogP contribution >= 0.6 is 62.0 Å². The molecule has 0 saturated carbocycles. The van der Waals surface area contributed by atoms with Crippen molar-refractivity contribution in [3.05, 3.63) is 0 Å². The number of rotatable bonds is 16. The second-order valence-electron chi connectivity index (χ2n) is 5.02. The molecule has 0 aromatic carbocycles. The van der Waals surface area contributed by atoms with Crippen LogP contribution < -0.4 is 0 Å². The van der Waals surface area contributed by atoms with Gasteiger partial charge in [0.25, 0.3) is 0 Å². The molecule has 166 valence electrons. The lowest BCUT2D eigenvalue weighted by Gasteiger charge is -2.17. The van der Waals surface area contributed by atoms with Gasteiger partial charge in [-0.3, -0.25) is 22.6 Å². The predicted molar refractivity (Wildman–Crippen MR) is 110 cm³/mol. The van der Waals surface area contributed by atoms with E-state index in [0.29, 0.717) is 12.5 Å². The first kappa shape index (κ1) is 30.6. The lowest BCUT2D eigenvalue weighted by molar-refractivity contribution is 0.118. The minimum Gasteiger partial charge on any atom is -0.302 e. The lowest BCUT2D eigenvalue weighted by Crippen LogP contribution is -2.06. The number of alkyl halides is 4. The SMILES string of the molecule is CC(C)CCOP(=O)(OCCCl)OCCCl.O=P(O)(OCCCl)OCCCl. The highest BCUT2D eigenvalue weighted by atomic mass is 35.5. The van der Waals surface area contributed by atoms with Crippen molar-refractivity contribution in [3.63, 3.8) is 0 Å². The Bertz CT molecular complexity index is 407. The van der Waals surface area contributed by atoms with Gasteiger partial charge in [0.2, 0.25) is 0 Å². The summed E-state index contributed by atoms with van der Waals surface area (Å²) in [6.45, 7) is 4.65. The van der Waals surface area contributed by atoms with E-state index in [1.165, 1.54) is 0 Å². The van der Waals surface area contributed by atoms with Gasteiger partial charge in [0.05, 0.1) is 33.0 Å². The summed E-state index contributed by atoms with van der Waals surface area (Å²) in [5.74, 6) is 1.24. The van der Waals surface area contributed by atoms with Gasteiger partial charge in [-0.25, -0.2) is 9.13 Å². The second kappa shape index (κ2) is 19.3. The van der Waals surface area contributed by atoms with Gasteiger partial charge in [-0.15, -0.1) is 46.4 Å². The van der Waals surface area contributed by atoms with Crippen LogP contribution in [0.25, 0.3) is 0 Å². The molecule has 0 aliphatic heterocycles. The van der Waals surface area contributed by atoms with E-state index in [-0.39, 0.29) is 49.9 Å². The fourth-order valence-electron chi connectivity index (χ4n) is 1.14. The molecular weight excluding hydrogens is 488 g/mol. The number of phosphoric acid groups is 2. The molecule has 14 heteroatoms. The molecular formula is C13H28Cl4O8P2. The Kier molecular flexibility index (Phi) is 21.9. The third-order valence-electron chi connectivity index (χ3n) is 2.26. The van der Waals surface area contributed by atoms with E-state index in [4.69, 9.17) is 64.9 Å². The highest BCUT2D eigenvalue weighted by Gasteiger charge is 2.26. The molecule has 8 nitrogen and oxygen atoms in total. The van der Waals surface area contributed by atoms with Crippen LogP contribution in [0, 0.1) is 5.92 Å². The van der Waals surface area contributed by atoms with Crippen LogP contribution in [0.1, 0.15) is 20.3 Å². The van der Waals surface area contributed by atoms with Gasteiger partial charge >= 0.3 is 15.6 Å². The Morgan fingerprint density at radius 3 is 1.37 bits per heavy atom. The van der Waals surface area contributed by atoms with Crippen LogP contribution in [0.5, 0.6) is 0 Å². The first-order chi connectivity index (χ1) is 12.7. The van der Waals surface area contributed by atoms with Gasteiger partial charge in [-0.2, -0.15) is 0 Å². The van der Waals surface area contributed by atoms with Crippen LogP contribution in [0.4, 0.5) is 0 Å². The van der Waals surface area contributed by atoms with Gasteiger partial charge in [-0.05, 0) is 12.3 Å². The zero-order valence-corrected chi connectivity index (χ0v) is 20.2. The molecule has 0 rings (SSSR count). The number of phosphoric ester groups is 2. The van der Waals surface area contributed by atoms with Crippen molar-refractivity contribution in [1.29, 1.82) is 0 Å². The molecule has 0 aliphatic rings. The Morgan fingerprint density at radius 1 is 0.704 bits per heavy atom. The van der Waals surface area contributed by atoms with Crippen LogP contribution in [-0.4, -0.2) is 61.4 Å². The zero-order valence-electron chi connectivity index (χ0n) is 15.4. The summed E-state index contributed by atoms with van der Waals surface area (Å²) >= 11 is 21.3. The monoisotopic (exact) mass is 514 g/mol. The first-order valence-corrected chi connectivity index (χ1v) is 13.1. The summed E-state index contributed by atoms with van der Waals surface area (Å²) in [7, 11) is -7.37. The van der Waals surface area contributed by atoms with Crippen molar-refractivity contribution in [2.45, 2.75) is 20.3 Å². The minimum atomic E-state index is -3.89. The van der Waals surface area contributed by atoms with Crippen LogP contribution in [0.2, 0.25) is 0 Å². The van der Waals surface area contributed by atoms with Crippen molar-refractivity contribution in [2.75, 3.05) is 56.6 Å². The van der Waals surface area contributed by atoms with Crippen molar-refractivity contribution in [3.8, 4) is 0 Å². The molecule has 0 spiro atoms. The Hall–Kier alpha value is 1.38. The number of hydrogen-bond donors (Lipinski definition) is 1. The summed E-state index contributed by atoms with van der Waals surface area (Å²) in [6, 6.07) is 0. The second-order valence-corrected chi connectivity index (χ2v) is 9.65. The van der Waals surface area contributed by atoms with E-state index in [9.17, 15) is 9.13 Å². The third-order valence-corrected chi connectivity index (χ3v) is 5.39. The van der Waals surface area contributed by atoms with Crippen molar-refractivity contribution in [2.24, 2.45) is 5.92 Å². The van der Waals surface area contributed by atoms with E-state index in [2.05, 4.69) is 9.05 Å². The van der Waals surface area contributed by atoms with Crippen molar-refractivity contribution in [1.82, 2.24) is 0 Å². The first-order valence-electron chi connectivity index (χ1n) is 8.05. The molecule has 27 heavy (non-hydrogen) atoms. The molecule has 0 fully saturated rings. The molecule has 0 atom stereocenters. The molecule has 0 amide bonds. The number of hydrogen-bond acceptors (Lipinski definition) is 7. The van der Waals surface area contributed by atoms with Crippen molar-refractivity contribution >= 4 is 62.0 Å². The quantitative estimate of drug-likeness (QED) is 0.219. The van der Waals surface area contributed by atoms with Crippen LogP contribution in [0.3, 0.4) is 0 Å². The van der Waals surface area contributed by atoms with E-state index >= 15 is 0 Å². The topological polar surface area (TPSA) is 101 Å². The highest BCUT2D eigenvalue weighted by Crippen LogP contribution is 2.49. The maximum absolute atomic E-state index is 11.9. The molecule has 0 unspecified atom stereocenters. The van der Waals surface area contributed by atoms with Crippen LogP contribution in [-0.2, 0) is 31.7 Å². The Morgan fingerprint density at radius 2 is 1.04 bits per heavy atom. The summed E-state index contributed by atoms with van der Waals surface area (Å²) < 4.78 is 46.5. The molecule has 0 bridgehead atoms. The standard InChI is InChI=1S/C9H19Cl2O4P.C4H9Cl2O4P/c1-9(2)3-6-13-16(12,14-7-4-10)15-8-5-11;5-1-3-9-11(7,8)10-4-2-6/h9H,3-8H2,1-2H3;1-4H2,(H,7,8). The molecule has 0 aliphatic carbocycles. The lowest BCUT2D eigenvalue weighted by atomic mass is 10.2. The summed E-state index contributed by atoms with van der Waals surface area (Å²) in [6.07, 6.45) is 0.790. The average Bonchev–Trinajstić information content (AvgIpc) is 2.62. The number of halogens is 4. The largest absolute Gasteiger partial charge is 0.474 e. The summed E-state index contributed by atoms with van der Waals surface area (Å²) in [5.41, 5.74) is 0. The molecule has 0 aromatic heterocycles. The van der Waals surface area contributed by atoms with Gasteiger partial charge in [-0.1, -0.05) is 13.8 Å². The fourth-order valence-corrected chi connectivity index (χ4v) is 3.78. The fraction of sp³-hybridized carbons (Fsp3) is 1.00. The molecule has 0 radical (unpaired) electrons. The van der Waals surface area contributed by atoms with Gasteiger partial charge in [0, 0.05) is 23.5 Å². The summed E-state index contributed by atoms with van der Waals surface area (Å²) in [4.78, 5) is 8.77. The minimum absolute atomic E-state index is 0.0163. The van der Waals surface area contributed by atoms with E-state index in [0.717, 1.165) is 6.42 Å². The maximum atomic E-state index is 11.9. The molecule has 1 N–H and O–H groups in total. The summed E-state index contributed by atoms with van der Waals surface area (Å²) in [5, 5.41) is 0. The average molecular weight is 516 g/mol. The smallest absolute Gasteiger partial charge is 0.302 e. The van der Waals surface area contributed by atoms with E-state index in [1.54, 1.807) is 0 Å². The van der Waals surface area contributed by atoms with Gasteiger partial charge in [0.15, 0.2) is 0 Å². The van der Waals surface area contributed by atoms with Crippen molar-refractivity contribution < 1.29 is 36.6 Å². The zero-order chi connectivity index (χ0) is 21.2. The van der Waals surface area contributed by atoms with Gasteiger partial charge in [0.1, 0.15) is 0 Å². The molecule has 0 heterocycles. The normalized spacial score (nSPS) is 12.1. The molecule has 0 aromatic rings. The van der Waals surface area contributed by atoms with E-state index in [1.807, 2.05) is 13.8 Å². The van der Waals surface area contributed by atoms with Crippen LogP contribution in [0.15, 0.2) is 0 Å². The molecule has 0 saturated heterocycles. The maximum Gasteiger partial charge on any atom is 0.474 e. The Balaban J connectivity index is 0. The van der Waals surface area contributed by atoms with E-state index < -0.39 is 15.6 Å². The Labute approximate surface area is 181 Å². The van der Waals surface area contributed by atoms with Gasteiger partial charge < -0.3 is 4.89 Å². The third kappa shape index (κ3) is 21.9.